The molecule has 0 aliphatic carbocycles. The highest BCUT2D eigenvalue weighted by molar-refractivity contribution is 5.85. The van der Waals surface area contributed by atoms with Gasteiger partial charge in [-0.25, -0.2) is 19.2 Å². The summed E-state index contributed by atoms with van der Waals surface area (Å²) >= 11 is 0. The Kier molecular flexibility index (Phi) is 26.0. The number of nitrogens with one attached hydrogen (secondary N) is 1. The molecule has 81 heavy (non-hydrogen) atoms. The Morgan fingerprint density at radius 1 is 0.593 bits per heavy atom. The van der Waals surface area contributed by atoms with E-state index in [1.807, 2.05) is 91.2 Å². The van der Waals surface area contributed by atoms with E-state index < -0.39 is 73.2 Å². The number of aryl methyl sites for hydroxylation is 3. The number of carboxylic acid groups (broad SMARTS) is 1. The average Bonchev–Trinajstić information content (AvgIpc) is 3.33. The summed E-state index contributed by atoms with van der Waals surface area (Å²) < 4.78 is 176. The van der Waals surface area contributed by atoms with E-state index in [-0.39, 0.29) is 84.6 Å². The smallest absolute Gasteiger partial charge is 0.434 e. The lowest BCUT2D eigenvalue weighted by Crippen LogP contribution is -2.52. The van der Waals surface area contributed by atoms with E-state index in [9.17, 15) is 71.9 Å². The molecule has 0 bridgehead atoms. The first-order valence-electron chi connectivity index (χ1n) is 25.0. The van der Waals surface area contributed by atoms with Crippen LogP contribution in [0, 0.1) is 20.8 Å². The molecule has 0 saturated carbocycles. The third kappa shape index (κ3) is 24.2. The molecule has 2 heterocycles. The molecular formula is C52H67ClF12N6O10. The normalized spacial score (nSPS) is 14.9. The Morgan fingerprint density at radius 2 is 1.02 bits per heavy atom. The van der Waals surface area contributed by atoms with Crippen molar-refractivity contribution in [3.8, 4) is 0 Å². The molecule has 0 atom stereocenters. The van der Waals surface area contributed by atoms with E-state index in [4.69, 9.17) is 19.3 Å². The largest absolute Gasteiger partial charge is 0.480 e. The van der Waals surface area contributed by atoms with Crippen molar-refractivity contribution in [2.75, 3.05) is 102 Å². The molecule has 3 aromatic carbocycles. The number of ether oxygens (including phenoxy) is 5. The minimum Gasteiger partial charge on any atom is -0.480 e. The van der Waals surface area contributed by atoms with Crippen molar-refractivity contribution < 1.29 is 101 Å². The van der Waals surface area contributed by atoms with Gasteiger partial charge in [-0.2, -0.15) is 52.7 Å². The molecule has 456 valence electrons. The Balaban J connectivity index is 0.000000439. The van der Waals surface area contributed by atoms with Crippen LogP contribution in [0.25, 0.3) is 0 Å². The van der Waals surface area contributed by atoms with Gasteiger partial charge in [0.05, 0.1) is 13.2 Å². The lowest BCUT2D eigenvalue weighted by Gasteiger charge is -2.36. The van der Waals surface area contributed by atoms with Gasteiger partial charge in [0.25, 0.3) is 12.2 Å². The minimum absolute atomic E-state index is 0. The molecule has 16 nitrogen and oxygen atoms in total. The van der Waals surface area contributed by atoms with E-state index in [0.717, 1.165) is 54.6 Å². The fourth-order valence-electron chi connectivity index (χ4n) is 8.06. The van der Waals surface area contributed by atoms with Gasteiger partial charge < -0.3 is 48.8 Å². The number of aliphatic carboxylic acids is 1. The van der Waals surface area contributed by atoms with Gasteiger partial charge in [0, 0.05) is 96.5 Å². The van der Waals surface area contributed by atoms with Crippen molar-refractivity contribution in [1.82, 2.24) is 19.6 Å². The summed E-state index contributed by atoms with van der Waals surface area (Å²) in [6.07, 6.45) is -34.8. The highest BCUT2D eigenvalue weighted by atomic mass is 35.5. The molecule has 2 fully saturated rings. The van der Waals surface area contributed by atoms with Crippen LogP contribution in [-0.4, -0.2) is 183 Å². The van der Waals surface area contributed by atoms with Crippen LogP contribution >= 0.6 is 12.4 Å². The van der Waals surface area contributed by atoms with E-state index in [1.165, 1.54) is 0 Å². The number of alkyl halides is 12. The topological polar surface area (TPSA) is 163 Å². The van der Waals surface area contributed by atoms with Crippen molar-refractivity contribution in [2.45, 2.75) is 104 Å². The number of anilines is 2. The zero-order valence-electron chi connectivity index (χ0n) is 45.3. The second-order valence-corrected chi connectivity index (χ2v) is 19.9. The molecule has 2 aliphatic rings. The fourth-order valence-corrected chi connectivity index (χ4v) is 8.06. The Hall–Kier alpha value is -5.97. The first-order chi connectivity index (χ1) is 37.1. The molecule has 5 rings (SSSR count). The fraction of sp³-hybridized carbons (Fsp3) is 0.577. The van der Waals surface area contributed by atoms with Gasteiger partial charge >= 0.3 is 48.8 Å². The van der Waals surface area contributed by atoms with E-state index >= 15 is 0 Å². The number of hydrogen-bond acceptors (Lipinski definition) is 13. The number of benzene rings is 3. The zero-order valence-corrected chi connectivity index (χ0v) is 46.1. The van der Waals surface area contributed by atoms with E-state index in [1.54, 1.807) is 20.8 Å². The Bertz CT molecular complexity index is 2450. The van der Waals surface area contributed by atoms with Crippen molar-refractivity contribution >= 4 is 47.9 Å². The molecular weight excluding hydrogens is 1130 g/mol. The predicted octanol–water partition coefficient (Wildman–Crippen LogP) is 10.1. The number of halogens is 13. The van der Waals surface area contributed by atoms with Crippen LogP contribution in [0.15, 0.2) is 60.7 Å². The highest BCUT2D eigenvalue weighted by Gasteiger charge is 2.61. The molecule has 0 aromatic heterocycles. The second-order valence-electron chi connectivity index (χ2n) is 19.9. The lowest BCUT2D eigenvalue weighted by atomic mass is 10.1. The van der Waals surface area contributed by atoms with Crippen molar-refractivity contribution in [3.63, 3.8) is 0 Å². The van der Waals surface area contributed by atoms with Crippen molar-refractivity contribution in [2.24, 2.45) is 0 Å². The summed E-state index contributed by atoms with van der Waals surface area (Å²) in [6.45, 7) is 13.5. The molecule has 0 unspecified atom stereocenters. The number of amides is 2. The summed E-state index contributed by atoms with van der Waals surface area (Å²) in [7, 11) is 0. The maximum absolute atomic E-state index is 12.9. The maximum Gasteiger partial charge on any atom is 0.434 e. The average molecular weight is 1200 g/mol. The molecule has 29 heteroatoms. The van der Waals surface area contributed by atoms with Gasteiger partial charge in [0.2, 0.25) is 0 Å². The van der Waals surface area contributed by atoms with Crippen LogP contribution in [-0.2, 0) is 52.9 Å². The molecule has 2 amide bonds. The third-order valence-corrected chi connectivity index (χ3v) is 11.9. The standard InChI is InChI=1S/C32H41F6N3O5.C20H25F6N3O5.ClH/c1-22-6-9-24(10-7-22)19-41(16-17-44-21-27(42)46-30(3,4)5)26-18-23(2)8-11-25(26)20-39-12-14-40(15-13-39)29(43)45-28(31(33,34)35)32(36,37)38;1-13-2-3-14(15(10-13)27-4-9-33-12-16(30)31)11-28-5-7-29(8-6-28)18(32)34-17(19(21,22)23)20(24,25)26;/h6-11,18,28H,12-17,19-21H2,1-5H3;2-3,10,17,27H,4-9,11-12H2,1H3,(H,30,31);1H. The van der Waals surface area contributed by atoms with Gasteiger partial charge in [-0.15, -0.1) is 12.4 Å². The van der Waals surface area contributed by atoms with Gasteiger partial charge in [-0.3, -0.25) is 9.80 Å². The number of carbonyl (C=O) groups excluding carboxylic acids is 3. The van der Waals surface area contributed by atoms with Crippen LogP contribution in [0.2, 0.25) is 0 Å². The van der Waals surface area contributed by atoms with Gasteiger partial charge in [0.15, 0.2) is 0 Å². The minimum atomic E-state index is -5.78. The van der Waals surface area contributed by atoms with Gasteiger partial charge in [0.1, 0.15) is 18.8 Å². The molecule has 0 radical (unpaired) electrons. The van der Waals surface area contributed by atoms with Crippen LogP contribution in [0.4, 0.5) is 73.6 Å². The molecule has 2 N–H and O–H groups in total. The highest BCUT2D eigenvalue weighted by Crippen LogP contribution is 2.38. The molecule has 3 aromatic rings. The number of esters is 1. The van der Waals surface area contributed by atoms with Crippen LogP contribution in [0.1, 0.15) is 54.2 Å². The number of piperazine rings is 2. The third-order valence-electron chi connectivity index (χ3n) is 11.9. The summed E-state index contributed by atoms with van der Waals surface area (Å²) in [5.74, 6) is -1.55. The molecule has 2 saturated heterocycles. The Labute approximate surface area is 466 Å². The first kappa shape index (κ1) is 69.3. The summed E-state index contributed by atoms with van der Waals surface area (Å²) in [4.78, 5) is 54.4. The van der Waals surface area contributed by atoms with Crippen molar-refractivity contribution in [1.29, 1.82) is 0 Å². The van der Waals surface area contributed by atoms with E-state index in [2.05, 4.69) is 19.7 Å². The summed E-state index contributed by atoms with van der Waals surface area (Å²) in [5.41, 5.74) is 6.97. The number of nitrogens with zero attached hydrogens (tertiary/aromatic N) is 5. The SMILES string of the molecule is Cc1ccc(CN(CCOCC(=O)OC(C)(C)C)c2cc(C)ccc2CN2CCN(C(=O)OC(C(F)(F)F)C(F)(F)F)CC2)cc1.Cc1ccc(CN2CCN(C(=O)OC(C(F)(F)F)C(F)(F)F)CC2)c(NCCOCC(=O)O)c1.Cl. The first-order valence-corrected chi connectivity index (χ1v) is 25.0. The second kappa shape index (κ2) is 30.4. The van der Waals surface area contributed by atoms with Crippen LogP contribution in [0.5, 0.6) is 0 Å². The Morgan fingerprint density at radius 3 is 1.48 bits per heavy atom. The van der Waals surface area contributed by atoms with E-state index in [0.29, 0.717) is 32.7 Å². The molecule has 2 aliphatic heterocycles. The van der Waals surface area contributed by atoms with Crippen LogP contribution in [0.3, 0.4) is 0 Å². The number of carboxylic acids is 1. The van der Waals surface area contributed by atoms with Gasteiger partial charge in [-0.05, 0) is 81.5 Å². The van der Waals surface area contributed by atoms with Gasteiger partial charge in [-0.1, -0.05) is 54.1 Å². The maximum atomic E-state index is 12.9. The zero-order chi connectivity index (χ0) is 59.8. The van der Waals surface area contributed by atoms with Crippen molar-refractivity contribution in [3.05, 3.63) is 94.0 Å². The summed E-state index contributed by atoms with van der Waals surface area (Å²) in [5, 5.41) is 11.7. The number of carbonyl (C=O) groups is 4. The molecule has 0 spiro atoms. The quantitative estimate of drug-likeness (QED) is 0.0476. The monoisotopic (exact) mass is 1200 g/mol. The lowest BCUT2D eigenvalue weighted by molar-refractivity contribution is -0.309. The number of hydrogen-bond donors (Lipinski definition) is 2. The number of rotatable bonds is 20. The summed E-state index contributed by atoms with van der Waals surface area (Å²) in [6, 6.07) is 19.7. The van der Waals surface area contributed by atoms with Crippen LogP contribution < -0.4 is 10.2 Å². The predicted molar refractivity (Wildman–Crippen MR) is 274 cm³/mol.